The van der Waals surface area contributed by atoms with Crippen LogP contribution in [0.2, 0.25) is 0 Å². The maximum absolute atomic E-state index is 11.9. The second-order valence-electron chi connectivity index (χ2n) is 6.13. The summed E-state index contributed by atoms with van der Waals surface area (Å²) in [4.78, 5) is 38.5. The minimum absolute atomic E-state index is 0.276. The zero-order chi connectivity index (χ0) is 22.1. The van der Waals surface area contributed by atoms with Crippen LogP contribution in [0.3, 0.4) is 0 Å². The Balaban J connectivity index is 2.42. The van der Waals surface area contributed by atoms with E-state index in [2.05, 4.69) is 10.0 Å². The van der Waals surface area contributed by atoms with Crippen LogP contribution >= 0.6 is 23.4 Å². The molecule has 0 N–H and O–H groups in total. The number of carbonyl (C=O) groups excluding carboxylic acids is 3. The highest BCUT2D eigenvalue weighted by atomic mass is 35.5. The fraction of sp³-hybridized carbons (Fsp3) is 0.500. The van der Waals surface area contributed by atoms with Crippen molar-refractivity contribution in [3.63, 3.8) is 0 Å². The van der Waals surface area contributed by atoms with Crippen LogP contribution in [-0.2, 0) is 33.3 Å². The average Bonchev–Trinajstić information content (AvgIpc) is 2.71. The van der Waals surface area contributed by atoms with Gasteiger partial charge in [0, 0.05) is 23.7 Å². The third-order valence-electron chi connectivity index (χ3n) is 3.92. The number of ether oxygens (including phenoxy) is 4. The van der Waals surface area contributed by atoms with E-state index in [4.69, 9.17) is 36.1 Å². The summed E-state index contributed by atoms with van der Waals surface area (Å²) in [7, 11) is 0. The van der Waals surface area contributed by atoms with Gasteiger partial charge in [0.25, 0.3) is 0 Å². The Morgan fingerprint density at radius 2 is 1.87 bits per heavy atom. The molecule has 0 aliphatic carbocycles. The Kier molecular flexibility index (Phi) is 9.25. The molecule has 2 rings (SSSR count). The van der Waals surface area contributed by atoms with E-state index < -0.39 is 53.6 Å². The molecule has 0 unspecified atom stereocenters. The lowest BCUT2D eigenvalue weighted by atomic mass is 9.98. The number of thioether (sulfide) groups is 1. The van der Waals surface area contributed by atoms with Crippen LogP contribution in [0.5, 0.6) is 0 Å². The second kappa shape index (κ2) is 11.7. The van der Waals surface area contributed by atoms with Crippen molar-refractivity contribution < 1.29 is 33.3 Å². The third-order valence-corrected chi connectivity index (χ3v) is 5.31. The molecule has 0 spiro atoms. The summed E-state index contributed by atoms with van der Waals surface area (Å²) in [6.45, 7) is 2.11. The highest BCUT2D eigenvalue weighted by molar-refractivity contribution is 7.99. The maximum atomic E-state index is 11.9. The minimum Gasteiger partial charge on any atom is -0.463 e. The Hall–Kier alpha value is -2.46. The number of halogens is 1. The molecule has 1 heterocycles. The maximum Gasteiger partial charge on any atom is 0.321 e. The van der Waals surface area contributed by atoms with Crippen molar-refractivity contribution in [1.29, 1.82) is 0 Å². The van der Waals surface area contributed by atoms with Crippen LogP contribution < -0.4 is 0 Å². The number of hydrogen-bond donors (Lipinski definition) is 0. The Morgan fingerprint density at radius 3 is 2.43 bits per heavy atom. The number of hydrogen-bond acceptors (Lipinski definition) is 9. The summed E-state index contributed by atoms with van der Waals surface area (Å²) in [6, 6.07) is 8.08. The van der Waals surface area contributed by atoms with E-state index in [0.717, 1.165) is 4.90 Å². The van der Waals surface area contributed by atoms with Crippen LogP contribution in [0, 0.1) is 0 Å². The van der Waals surface area contributed by atoms with E-state index in [-0.39, 0.29) is 6.61 Å². The first-order valence-corrected chi connectivity index (χ1v) is 10.2. The van der Waals surface area contributed by atoms with Crippen molar-refractivity contribution in [2.75, 3.05) is 12.5 Å². The SMILES string of the molecule is CC(=O)OC[C@H]1O[C@H](Sc2ccccc2)[C@H](N=[N+]=[N-])[C@@H](OC(C)=O)[C@@H]1OC(=O)CCl. The molecule has 30 heavy (non-hydrogen) atoms. The monoisotopic (exact) mass is 457 g/mol. The Morgan fingerprint density at radius 1 is 1.17 bits per heavy atom. The van der Waals surface area contributed by atoms with Crippen LogP contribution in [0.25, 0.3) is 10.4 Å². The predicted molar refractivity (Wildman–Crippen MR) is 107 cm³/mol. The van der Waals surface area contributed by atoms with Crippen molar-refractivity contribution in [3.8, 4) is 0 Å². The van der Waals surface area contributed by atoms with Crippen molar-refractivity contribution >= 4 is 41.3 Å². The van der Waals surface area contributed by atoms with Gasteiger partial charge in [0.05, 0.1) is 0 Å². The number of esters is 3. The normalized spacial score (nSPS) is 25.5. The van der Waals surface area contributed by atoms with Gasteiger partial charge in [-0.15, -0.1) is 11.6 Å². The fourth-order valence-corrected chi connectivity index (χ4v) is 3.98. The molecule has 0 radical (unpaired) electrons. The van der Waals surface area contributed by atoms with E-state index in [9.17, 15) is 14.4 Å². The highest BCUT2D eigenvalue weighted by Crippen LogP contribution is 2.37. The van der Waals surface area contributed by atoms with Crippen molar-refractivity contribution in [1.82, 2.24) is 0 Å². The molecule has 1 aromatic rings. The zero-order valence-corrected chi connectivity index (χ0v) is 17.7. The zero-order valence-electron chi connectivity index (χ0n) is 16.2. The van der Waals surface area contributed by atoms with Gasteiger partial charge >= 0.3 is 17.9 Å². The van der Waals surface area contributed by atoms with Gasteiger partial charge in [0.2, 0.25) is 0 Å². The highest BCUT2D eigenvalue weighted by Gasteiger charge is 2.50. The molecule has 0 bridgehead atoms. The Labute approximate surface area is 181 Å². The van der Waals surface area contributed by atoms with Gasteiger partial charge in [-0.05, 0) is 17.7 Å². The summed E-state index contributed by atoms with van der Waals surface area (Å²) in [6.07, 6.45) is -3.37. The predicted octanol–water partition coefficient (Wildman–Crippen LogP) is 2.83. The van der Waals surface area contributed by atoms with Crippen LogP contribution in [0.15, 0.2) is 40.3 Å². The lowest BCUT2D eigenvalue weighted by Gasteiger charge is -2.43. The lowest BCUT2D eigenvalue weighted by Crippen LogP contribution is -2.60. The average molecular weight is 458 g/mol. The molecular weight excluding hydrogens is 438 g/mol. The molecule has 0 amide bonds. The second-order valence-corrected chi connectivity index (χ2v) is 7.57. The molecule has 162 valence electrons. The molecule has 1 fully saturated rings. The van der Waals surface area contributed by atoms with E-state index in [1.807, 2.05) is 30.3 Å². The van der Waals surface area contributed by atoms with Crippen LogP contribution in [0.4, 0.5) is 0 Å². The number of carbonyl (C=O) groups is 3. The smallest absolute Gasteiger partial charge is 0.321 e. The molecule has 1 aromatic carbocycles. The Bertz CT molecular complexity index is 806. The summed E-state index contributed by atoms with van der Waals surface area (Å²) < 4.78 is 21.7. The molecule has 12 heteroatoms. The van der Waals surface area contributed by atoms with Gasteiger partial charge < -0.3 is 18.9 Å². The van der Waals surface area contributed by atoms with E-state index in [0.29, 0.717) is 0 Å². The molecule has 5 atom stereocenters. The van der Waals surface area contributed by atoms with E-state index in [1.54, 1.807) is 0 Å². The first kappa shape index (κ1) is 23.8. The van der Waals surface area contributed by atoms with Gasteiger partial charge in [0.15, 0.2) is 12.2 Å². The van der Waals surface area contributed by atoms with Crippen LogP contribution in [0.1, 0.15) is 13.8 Å². The van der Waals surface area contributed by atoms with Gasteiger partial charge in [-0.25, -0.2) is 0 Å². The molecule has 0 saturated carbocycles. The molecule has 10 nitrogen and oxygen atoms in total. The van der Waals surface area contributed by atoms with Crippen molar-refractivity contribution in [2.24, 2.45) is 5.11 Å². The largest absolute Gasteiger partial charge is 0.463 e. The summed E-state index contributed by atoms with van der Waals surface area (Å²) in [5, 5.41) is 3.73. The summed E-state index contributed by atoms with van der Waals surface area (Å²) in [5.41, 5.74) is 8.25. The summed E-state index contributed by atoms with van der Waals surface area (Å²) in [5.74, 6) is -2.52. The minimum atomic E-state index is -1.21. The fourth-order valence-electron chi connectivity index (χ4n) is 2.79. The summed E-state index contributed by atoms with van der Waals surface area (Å²) >= 11 is 6.76. The van der Waals surface area contributed by atoms with Gasteiger partial charge in [-0.1, -0.05) is 35.1 Å². The van der Waals surface area contributed by atoms with Crippen LogP contribution in [-0.4, -0.2) is 60.2 Å². The first-order valence-electron chi connectivity index (χ1n) is 8.83. The van der Waals surface area contributed by atoms with Gasteiger partial charge in [-0.3, -0.25) is 14.4 Å². The lowest BCUT2D eigenvalue weighted by molar-refractivity contribution is -0.208. The standard InChI is InChI=1S/C18H20ClN3O7S/c1-10(23)26-9-13-16(29-14(25)8-19)17(27-11(2)24)15(21-22-20)18(28-13)30-12-6-4-3-5-7-12/h3-7,13,15-18H,8-9H2,1-2H3/t13-,15-,16-,17-,18-/m1/s1. The molecule has 1 aliphatic rings. The van der Waals surface area contributed by atoms with Gasteiger partial charge in [-0.2, -0.15) is 0 Å². The molecular formula is C18H20ClN3O7S. The van der Waals surface area contributed by atoms with E-state index >= 15 is 0 Å². The van der Waals surface area contributed by atoms with Crippen molar-refractivity contribution in [3.05, 3.63) is 40.8 Å². The molecule has 1 saturated heterocycles. The number of azide groups is 1. The van der Waals surface area contributed by atoms with E-state index in [1.165, 1.54) is 25.6 Å². The number of rotatable bonds is 8. The topological polar surface area (TPSA) is 137 Å². The number of nitrogens with zero attached hydrogens (tertiary/aromatic N) is 3. The van der Waals surface area contributed by atoms with Gasteiger partial charge in [0.1, 0.15) is 30.1 Å². The number of benzene rings is 1. The first-order chi connectivity index (χ1) is 14.3. The molecule has 1 aliphatic heterocycles. The molecule has 0 aromatic heterocycles. The third kappa shape index (κ3) is 6.81. The quantitative estimate of drug-likeness (QED) is 0.145. The van der Waals surface area contributed by atoms with Crippen molar-refractivity contribution in [2.45, 2.75) is 48.5 Å². The number of alkyl halides is 1.